The summed E-state index contributed by atoms with van der Waals surface area (Å²) in [5.41, 5.74) is 0. The Morgan fingerprint density at radius 3 is 3.04 bits per heavy atom. The molecule has 0 aromatic carbocycles. The van der Waals surface area contributed by atoms with Crippen molar-refractivity contribution >= 4 is 17.3 Å². The molecule has 0 aliphatic carbocycles. The predicted molar refractivity (Wildman–Crippen MR) is 107 cm³/mol. The Hall–Kier alpha value is -1.79. The Morgan fingerprint density at radius 1 is 1.35 bits per heavy atom. The van der Waals surface area contributed by atoms with Crippen molar-refractivity contribution in [1.82, 2.24) is 10.6 Å². The van der Waals surface area contributed by atoms with Crippen molar-refractivity contribution in [2.75, 3.05) is 32.8 Å². The van der Waals surface area contributed by atoms with Gasteiger partial charge in [0.2, 0.25) is 0 Å². The molecule has 0 saturated carbocycles. The number of ether oxygens (including phenoxy) is 1. The molecule has 2 aromatic heterocycles. The lowest BCUT2D eigenvalue weighted by Crippen LogP contribution is -2.41. The van der Waals surface area contributed by atoms with Gasteiger partial charge in [-0.25, -0.2) is 0 Å². The molecule has 1 saturated heterocycles. The largest absolute Gasteiger partial charge is 0.469 e. The molecule has 0 radical (unpaired) electrons. The van der Waals surface area contributed by atoms with E-state index in [1.54, 1.807) is 6.26 Å². The van der Waals surface area contributed by atoms with Gasteiger partial charge in [0.05, 0.1) is 12.9 Å². The molecule has 0 bridgehead atoms. The van der Waals surface area contributed by atoms with Gasteiger partial charge in [0.25, 0.3) is 0 Å². The average molecular weight is 376 g/mol. The second kappa shape index (κ2) is 10.4. The van der Waals surface area contributed by atoms with Gasteiger partial charge >= 0.3 is 0 Å². The van der Waals surface area contributed by atoms with E-state index in [0.29, 0.717) is 11.8 Å². The summed E-state index contributed by atoms with van der Waals surface area (Å²) in [5, 5.41) is 9.06. The summed E-state index contributed by atoms with van der Waals surface area (Å²) in [6, 6.07) is 8.24. The van der Waals surface area contributed by atoms with E-state index in [4.69, 9.17) is 14.1 Å². The van der Waals surface area contributed by atoms with Gasteiger partial charge in [-0.05, 0) is 42.3 Å². The van der Waals surface area contributed by atoms with Crippen molar-refractivity contribution in [1.29, 1.82) is 0 Å². The molecule has 2 unspecified atom stereocenters. The molecule has 6 heteroatoms. The zero-order valence-corrected chi connectivity index (χ0v) is 16.3. The topological polar surface area (TPSA) is 58.8 Å². The average Bonchev–Trinajstić information content (AvgIpc) is 3.40. The molecule has 0 spiro atoms. The van der Waals surface area contributed by atoms with Crippen LogP contribution >= 0.6 is 11.3 Å². The lowest BCUT2D eigenvalue weighted by atomic mass is 10.1. The van der Waals surface area contributed by atoms with E-state index in [-0.39, 0.29) is 0 Å². The fourth-order valence-corrected chi connectivity index (χ4v) is 3.87. The van der Waals surface area contributed by atoms with Crippen LogP contribution < -0.4 is 10.6 Å². The van der Waals surface area contributed by atoms with E-state index in [9.17, 15) is 0 Å². The minimum absolute atomic E-state index is 0.520. The van der Waals surface area contributed by atoms with Crippen molar-refractivity contribution in [2.45, 2.75) is 26.2 Å². The maximum absolute atomic E-state index is 5.46. The van der Waals surface area contributed by atoms with Crippen LogP contribution in [-0.2, 0) is 17.6 Å². The summed E-state index contributed by atoms with van der Waals surface area (Å²) < 4.78 is 10.9. The highest BCUT2D eigenvalue weighted by atomic mass is 32.1. The summed E-state index contributed by atoms with van der Waals surface area (Å²) >= 11 is 1.82. The monoisotopic (exact) mass is 375 g/mol. The van der Waals surface area contributed by atoms with Gasteiger partial charge in [-0.2, -0.15) is 0 Å². The Kier molecular flexibility index (Phi) is 7.58. The first-order valence-electron chi connectivity index (χ1n) is 9.44. The smallest absolute Gasteiger partial charge is 0.191 e. The van der Waals surface area contributed by atoms with Gasteiger partial charge < -0.3 is 19.8 Å². The van der Waals surface area contributed by atoms with Crippen LogP contribution in [0.15, 0.2) is 45.3 Å². The van der Waals surface area contributed by atoms with E-state index < -0.39 is 0 Å². The fourth-order valence-electron chi connectivity index (χ4n) is 3.00. The number of nitrogens with zero attached hydrogens (tertiary/aromatic N) is 1. The molecule has 1 aliphatic heterocycles. The van der Waals surface area contributed by atoms with Crippen molar-refractivity contribution in [3.05, 3.63) is 46.5 Å². The van der Waals surface area contributed by atoms with Crippen LogP contribution in [0.1, 0.15) is 24.0 Å². The van der Waals surface area contributed by atoms with E-state index in [1.807, 2.05) is 23.5 Å². The number of furan rings is 1. The van der Waals surface area contributed by atoms with Gasteiger partial charge in [-0.1, -0.05) is 13.0 Å². The molecule has 3 rings (SSSR count). The van der Waals surface area contributed by atoms with Crippen LogP contribution in [0, 0.1) is 11.8 Å². The van der Waals surface area contributed by atoms with Gasteiger partial charge in [0.15, 0.2) is 5.96 Å². The van der Waals surface area contributed by atoms with E-state index in [1.165, 1.54) is 4.88 Å². The minimum Gasteiger partial charge on any atom is -0.469 e. The Bertz CT molecular complexity index is 634. The van der Waals surface area contributed by atoms with Crippen molar-refractivity contribution in [3.8, 4) is 0 Å². The molecule has 2 N–H and O–H groups in total. The number of rotatable bonds is 9. The molecular weight excluding hydrogens is 346 g/mol. The number of nitrogens with one attached hydrogen (secondary N) is 2. The number of thiophene rings is 1. The summed E-state index contributed by atoms with van der Waals surface area (Å²) in [7, 11) is 0. The normalized spacial score (nSPS) is 18.8. The summed E-state index contributed by atoms with van der Waals surface area (Å²) in [6.45, 7) is 6.51. The lowest BCUT2D eigenvalue weighted by molar-refractivity contribution is 0.186. The zero-order valence-electron chi connectivity index (χ0n) is 15.4. The van der Waals surface area contributed by atoms with Crippen LogP contribution in [0.3, 0.4) is 0 Å². The Morgan fingerprint density at radius 2 is 2.31 bits per heavy atom. The molecule has 26 heavy (non-hydrogen) atoms. The fraction of sp³-hybridized carbons (Fsp3) is 0.550. The standard InChI is InChI=1S/C20H29N3O2S/c1-16(12-19-5-3-11-26-19)13-22-20(23-14-17-7-10-24-15-17)21-8-6-18-4-2-9-25-18/h2-5,9,11,16-17H,6-8,10,12-15H2,1H3,(H2,21,22,23). The van der Waals surface area contributed by atoms with Gasteiger partial charge in [0, 0.05) is 43.5 Å². The second-order valence-corrected chi connectivity index (χ2v) is 7.98. The highest BCUT2D eigenvalue weighted by Crippen LogP contribution is 2.14. The van der Waals surface area contributed by atoms with Crippen molar-refractivity contribution in [3.63, 3.8) is 0 Å². The SMILES string of the molecule is CC(CN=C(NCCc1ccco1)NCC1CCOC1)Cc1cccs1. The summed E-state index contributed by atoms with van der Waals surface area (Å²) in [4.78, 5) is 6.24. The quantitative estimate of drug-likeness (QED) is 0.521. The number of aliphatic imine (C=N–C) groups is 1. The first-order valence-corrected chi connectivity index (χ1v) is 10.3. The molecule has 3 heterocycles. The second-order valence-electron chi connectivity index (χ2n) is 6.94. The van der Waals surface area contributed by atoms with Crippen LogP contribution in [0.4, 0.5) is 0 Å². The van der Waals surface area contributed by atoms with Crippen molar-refractivity contribution in [2.24, 2.45) is 16.8 Å². The number of hydrogen-bond acceptors (Lipinski definition) is 4. The van der Waals surface area contributed by atoms with Crippen LogP contribution in [-0.4, -0.2) is 38.8 Å². The molecule has 142 valence electrons. The first-order chi connectivity index (χ1) is 12.8. The third-order valence-corrected chi connectivity index (χ3v) is 5.42. The summed E-state index contributed by atoms with van der Waals surface area (Å²) in [6.07, 6.45) is 4.78. The predicted octanol–water partition coefficient (Wildman–Crippen LogP) is 3.33. The summed E-state index contributed by atoms with van der Waals surface area (Å²) in [5.74, 6) is 2.98. The number of hydrogen-bond donors (Lipinski definition) is 2. The highest BCUT2D eigenvalue weighted by molar-refractivity contribution is 7.09. The van der Waals surface area contributed by atoms with Gasteiger partial charge in [-0.15, -0.1) is 11.3 Å². The van der Waals surface area contributed by atoms with Crippen molar-refractivity contribution < 1.29 is 9.15 Å². The van der Waals surface area contributed by atoms with E-state index in [2.05, 4.69) is 35.1 Å². The maximum atomic E-state index is 5.46. The Labute approximate surface area is 159 Å². The molecule has 0 amide bonds. The first kappa shape index (κ1) is 19.0. The molecule has 2 atom stereocenters. The third-order valence-electron chi connectivity index (χ3n) is 4.52. The molecule has 1 fully saturated rings. The molecule has 5 nitrogen and oxygen atoms in total. The minimum atomic E-state index is 0.520. The molecule has 2 aromatic rings. The lowest BCUT2D eigenvalue weighted by Gasteiger charge is -2.16. The zero-order chi connectivity index (χ0) is 18.0. The number of guanidine groups is 1. The van der Waals surface area contributed by atoms with E-state index >= 15 is 0 Å². The Balaban J connectivity index is 1.47. The van der Waals surface area contributed by atoms with Gasteiger partial charge in [0.1, 0.15) is 5.76 Å². The van der Waals surface area contributed by atoms with E-state index in [0.717, 1.165) is 63.8 Å². The molecule has 1 aliphatic rings. The highest BCUT2D eigenvalue weighted by Gasteiger charge is 2.16. The van der Waals surface area contributed by atoms with Crippen LogP contribution in [0.2, 0.25) is 0 Å². The van der Waals surface area contributed by atoms with Crippen LogP contribution in [0.25, 0.3) is 0 Å². The van der Waals surface area contributed by atoms with Gasteiger partial charge in [-0.3, -0.25) is 4.99 Å². The van der Waals surface area contributed by atoms with Crippen LogP contribution in [0.5, 0.6) is 0 Å². The maximum Gasteiger partial charge on any atom is 0.191 e. The third kappa shape index (κ3) is 6.50. The molecular formula is C20H29N3O2S.